The fourth-order valence-electron chi connectivity index (χ4n) is 1.68. The van der Waals surface area contributed by atoms with Crippen LogP contribution in [0, 0.1) is 13.8 Å². The van der Waals surface area contributed by atoms with E-state index in [-0.39, 0.29) is 12.2 Å². The second kappa shape index (κ2) is 5.32. The highest BCUT2D eigenvalue weighted by molar-refractivity contribution is 6.30. The van der Waals surface area contributed by atoms with Gasteiger partial charge in [-0.15, -0.1) is 0 Å². The first-order chi connectivity index (χ1) is 8.99. The van der Waals surface area contributed by atoms with E-state index in [2.05, 4.69) is 5.16 Å². The number of aryl methyl sites for hydroxylation is 2. The van der Waals surface area contributed by atoms with E-state index in [9.17, 15) is 4.79 Å². The molecule has 1 amide bonds. The smallest absolute Gasteiger partial charge is 0.252 e. The van der Waals surface area contributed by atoms with Gasteiger partial charge in [-0.05, 0) is 32.0 Å². The van der Waals surface area contributed by atoms with Crippen LogP contribution in [0.3, 0.4) is 0 Å². The zero-order chi connectivity index (χ0) is 14.0. The van der Waals surface area contributed by atoms with E-state index in [1.165, 1.54) is 6.07 Å². The molecule has 0 unspecified atom stereocenters. The minimum atomic E-state index is -0.564. The van der Waals surface area contributed by atoms with Gasteiger partial charge in [0.25, 0.3) is 5.91 Å². The van der Waals surface area contributed by atoms with Crippen molar-refractivity contribution in [1.29, 1.82) is 0 Å². The first-order valence-electron chi connectivity index (χ1n) is 5.63. The number of rotatable bonds is 4. The molecule has 1 heterocycles. The summed E-state index contributed by atoms with van der Waals surface area (Å²) in [5.41, 5.74) is 7.16. The van der Waals surface area contributed by atoms with Crippen LogP contribution in [-0.2, 0) is 6.61 Å². The molecule has 19 heavy (non-hydrogen) atoms. The standard InChI is InChI=1S/C13H13ClN2O3/c1-7-11(8(2)19-16-7)6-18-12-5-9(14)3-4-10(12)13(15)17/h3-5H,6H2,1-2H3,(H2,15,17). The van der Waals surface area contributed by atoms with Crippen LogP contribution < -0.4 is 10.5 Å². The van der Waals surface area contributed by atoms with Crippen molar-refractivity contribution in [3.8, 4) is 5.75 Å². The lowest BCUT2D eigenvalue weighted by atomic mass is 10.2. The molecule has 0 bridgehead atoms. The minimum absolute atomic E-state index is 0.238. The molecule has 1 aromatic heterocycles. The van der Waals surface area contributed by atoms with Gasteiger partial charge in [0.2, 0.25) is 0 Å². The Morgan fingerprint density at radius 3 is 2.79 bits per heavy atom. The largest absolute Gasteiger partial charge is 0.488 e. The van der Waals surface area contributed by atoms with Crippen molar-refractivity contribution in [3.63, 3.8) is 0 Å². The molecule has 0 spiro atoms. The highest BCUT2D eigenvalue weighted by Gasteiger charge is 2.13. The Morgan fingerprint density at radius 2 is 2.21 bits per heavy atom. The van der Waals surface area contributed by atoms with Crippen molar-refractivity contribution in [1.82, 2.24) is 5.16 Å². The molecule has 0 aliphatic rings. The summed E-state index contributed by atoms with van der Waals surface area (Å²) in [5.74, 6) is 0.464. The summed E-state index contributed by atoms with van der Waals surface area (Å²) in [4.78, 5) is 11.3. The third kappa shape index (κ3) is 2.88. The maximum absolute atomic E-state index is 11.3. The summed E-state index contributed by atoms with van der Waals surface area (Å²) in [6, 6.07) is 4.68. The molecule has 0 saturated heterocycles. The van der Waals surface area contributed by atoms with Gasteiger partial charge in [-0.25, -0.2) is 0 Å². The maximum Gasteiger partial charge on any atom is 0.252 e. The number of nitrogens with two attached hydrogens (primary N) is 1. The first kappa shape index (κ1) is 13.4. The second-order valence-corrected chi connectivity index (χ2v) is 4.53. The maximum atomic E-state index is 11.3. The molecule has 1 aromatic carbocycles. The molecule has 0 atom stereocenters. The molecule has 0 aliphatic carbocycles. The van der Waals surface area contributed by atoms with Crippen LogP contribution >= 0.6 is 11.6 Å². The minimum Gasteiger partial charge on any atom is -0.488 e. The van der Waals surface area contributed by atoms with Gasteiger partial charge in [-0.3, -0.25) is 4.79 Å². The Kier molecular flexibility index (Phi) is 3.76. The molecule has 2 rings (SSSR count). The number of hydrogen-bond acceptors (Lipinski definition) is 4. The van der Waals surface area contributed by atoms with E-state index >= 15 is 0 Å². The van der Waals surface area contributed by atoms with Gasteiger partial charge in [0.1, 0.15) is 18.1 Å². The quantitative estimate of drug-likeness (QED) is 0.934. The topological polar surface area (TPSA) is 78.3 Å². The molecule has 0 saturated carbocycles. The Balaban J connectivity index is 2.24. The van der Waals surface area contributed by atoms with E-state index in [0.29, 0.717) is 16.5 Å². The van der Waals surface area contributed by atoms with Crippen LogP contribution in [0.2, 0.25) is 5.02 Å². The summed E-state index contributed by atoms with van der Waals surface area (Å²) in [6.07, 6.45) is 0. The van der Waals surface area contributed by atoms with Gasteiger partial charge in [-0.1, -0.05) is 16.8 Å². The molecular weight excluding hydrogens is 268 g/mol. The van der Waals surface area contributed by atoms with Crippen LogP contribution in [0.25, 0.3) is 0 Å². The van der Waals surface area contributed by atoms with Gasteiger partial charge in [0, 0.05) is 5.02 Å². The Hall–Kier alpha value is -2.01. The summed E-state index contributed by atoms with van der Waals surface area (Å²) in [6.45, 7) is 3.86. The number of hydrogen-bond donors (Lipinski definition) is 1. The highest BCUT2D eigenvalue weighted by Crippen LogP contribution is 2.25. The lowest BCUT2D eigenvalue weighted by Crippen LogP contribution is -2.13. The van der Waals surface area contributed by atoms with Crippen molar-refractivity contribution in [2.24, 2.45) is 5.73 Å². The summed E-state index contributed by atoms with van der Waals surface area (Å²) in [7, 11) is 0. The molecule has 0 radical (unpaired) electrons. The number of amides is 1. The SMILES string of the molecule is Cc1noc(C)c1COc1cc(Cl)ccc1C(N)=O. The second-order valence-electron chi connectivity index (χ2n) is 4.10. The lowest BCUT2D eigenvalue weighted by Gasteiger charge is -2.09. The molecule has 6 heteroatoms. The average Bonchev–Trinajstić information content (AvgIpc) is 2.66. The van der Waals surface area contributed by atoms with Crippen molar-refractivity contribution in [3.05, 3.63) is 45.8 Å². The van der Waals surface area contributed by atoms with Gasteiger partial charge in [0.05, 0.1) is 16.8 Å². The van der Waals surface area contributed by atoms with E-state index in [1.807, 2.05) is 6.92 Å². The van der Waals surface area contributed by atoms with Gasteiger partial charge < -0.3 is 15.0 Å². The normalized spacial score (nSPS) is 10.5. The number of nitrogens with zero attached hydrogens (tertiary/aromatic N) is 1. The van der Waals surface area contributed by atoms with E-state index in [0.717, 1.165) is 11.3 Å². The summed E-state index contributed by atoms with van der Waals surface area (Å²) >= 11 is 5.88. The van der Waals surface area contributed by atoms with E-state index in [4.69, 9.17) is 26.6 Å². The molecular formula is C13H13ClN2O3. The van der Waals surface area contributed by atoms with Crippen LogP contribution in [0.1, 0.15) is 27.4 Å². The van der Waals surface area contributed by atoms with Crippen molar-refractivity contribution in [2.45, 2.75) is 20.5 Å². The Labute approximate surface area is 115 Å². The number of aromatic nitrogens is 1. The van der Waals surface area contributed by atoms with Crippen LogP contribution in [0.15, 0.2) is 22.7 Å². The Bertz CT molecular complexity index is 603. The zero-order valence-electron chi connectivity index (χ0n) is 10.6. The van der Waals surface area contributed by atoms with Crippen molar-refractivity contribution >= 4 is 17.5 Å². The monoisotopic (exact) mass is 280 g/mol. The lowest BCUT2D eigenvalue weighted by molar-refractivity contribution is 0.0996. The number of halogens is 1. The number of benzene rings is 1. The van der Waals surface area contributed by atoms with Crippen LogP contribution in [0.4, 0.5) is 0 Å². The summed E-state index contributed by atoms with van der Waals surface area (Å²) < 4.78 is 10.6. The fourth-order valence-corrected chi connectivity index (χ4v) is 1.84. The molecule has 2 N–H and O–H groups in total. The zero-order valence-corrected chi connectivity index (χ0v) is 11.3. The van der Waals surface area contributed by atoms with Crippen molar-refractivity contribution in [2.75, 3.05) is 0 Å². The van der Waals surface area contributed by atoms with E-state index in [1.54, 1.807) is 19.1 Å². The summed E-state index contributed by atoms with van der Waals surface area (Å²) in [5, 5.41) is 4.30. The molecule has 5 nitrogen and oxygen atoms in total. The van der Waals surface area contributed by atoms with Gasteiger partial charge in [0.15, 0.2) is 0 Å². The Morgan fingerprint density at radius 1 is 1.47 bits per heavy atom. The predicted molar refractivity (Wildman–Crippen MR) is 70.3 cm³/mol. The number of ether oxygens (including phenoxy) is 1. The van der Waals surface area contributed by atoms with Gasteiger partial charge in [-0.2, -0.15) is 0 Å². The molecule has 2 aromatic rings. The van der Waals surface area contributed by atoms with Crippen molar-refractivity contribution < 1.29 is 14.1 Å². The van der Waals surface area contributed by atoms with E-state index < -0.39 is 5.91 Å². The number of carbonyl (C=O) groups is 1. The third-order valence-electron chi connectivity index (χ3n) is 2.76. The third-order valence-corrected chi connectivity index (χ3v) is 3.00. The fraction of sp³-hybridized carbons (Fsp3) is 0.231. The number of primary amides is 1. The molecule has 100 valence electrons. The molecule has 0 aliphatic heterocycles. The first-order valence-corrected chi connectivity index (χ1v) is 6.00. The van der Waals surface area contributed by atoms with Crippen LogP contribution in [-0.4, -0.2) is 11.1 Å². The molecule has 0 fully saturated rings. The number of carbonyl (C=O) groups excluding carboxylic acids is 1. The highest BCUT2D eigenvalue weighted by atomic mass is 35.5. The van der Waals surface area contributed by atoms with Gasteiger partial charge >= 0.3 is 0 Å². The average molecular weight is 281 g/mol. The predicted octanol–water partition coefficient (Wildman–Crippen LogP) is 2.62. The van der Waals surface area contributed by atoms with Crippen LogP contribution in [0.5, 0.6) is 5.75 Å².